The van der Waals surface area contributed by atoms with Gasteiger partial charge in [-0.1, -0.05) is 125 Å². The van der Waals surface area contributed by atoms with E-state index in [2.05, 4.69) is 108 Å². The van der Waals surface area contributed by atoms with Crippen molar-refractivity contribution in [3.05, 3.63) is 108 Å². The summed E-state index contributed by atoms with van der Waals surface area (Å²) in [4.78, 5) is 39.4. The number of rotatable bonds is 23. The van der Waals surface area contributed by atoms with Gasteiger partial charge >= 0.3 is 12.1 Å². The molecule has 3 aromatic carbocycles. The summed E-state index contributed by atoms with van der Waals surface area (Å²) in [6, 6.07) is 30.1. The fourth-order valence-corrected chi connectivity index (χ4v) is 8.49. The smallest absolute Gasteiger partial charge is 0.407 e. The van der Waals surface area contributed by atoms with Crippen LogP contribution in [-0.4, -0.2) is 85.7 Å². The molecule has 11 heteroatoms. The Hall–Kier alpha value is -3.51. The summed E-state index contributed by atoms with van der Waals surface area (Å²) in [6.07, 6.45) is 4.34. The van der Waals surface area contributed by atoms with Crippen LogP contribution in [0.5, 0.6) is 0 Å². The lowest BCUT2D eigenvalue weighted by Gasteiger charge is -2.37. The first-order valence-corrected chi connectivity index (χ1v) is 21.9. The molecular formula is C44H64N4O5S2. The van der Waals surface area contributed by atoms with E-state index in [0.29, 0.717) is 31.7 Å². The third-order valence-electron chi connectivity index (χ3n) is 9.61. The maximum Gasteiger partial charge on any atom is 0.407 e. The van der Waals surface area contributed by atoms with Gasteiger partial charge in [0.25, 0.3) is 0 Å². The van der Waals surface area contributed by atoms with Crippen LogP contribution in [0.1, 0.15) is 83.9 Å². The van der Waals surface area contributed by atoms with E-state index in [4.69, 9.17) is 9.47 Å². The lowest BCUT2D eigenvalue weighted by atomic mass is 9.84. The van der Waals surface area contributed by atoms with E-state index in [-0.39, 0.29) is 23.9 Å². The van der Waals surface area contributed by atoms with Crippen molar-refractivity contribution in [3.8, 4) is 0 Å². The number of amides is 2. The van der Waals surface area contributed by atoms with Gasteiger partial charge in [0.2, 0.25) is 5.91 Å². The second kappa shape index (κ2) is 23.5. The van der Waals surface area contributed by atoms with Gasteiger partial charge in [0.15, 0.2) is 0 Å². The molecule has 9 nitrogen and oxygen atoms in total. The number of carbonyl (C=O) groups is 3. The summed E-state index contributed by atoms with van der Waals surface area (Å²) in [5.41, 5.74) is 2.78. The normalized spacial score (nSPS) is 14.5. The highest BCUT2D eigenvalue weighted by Gasteiger charge is 2.38. The zero-order valence-corrected chi connectivity index (χ0v) is 35.7. The molecule has 302 valence electrons. The molecule has 55 heavy (non-hydrogen) atoms. The highest BCUT2D eigenvalue weighted by atomic mass is 32.2. The van der Waals surface area contributed by atoms with E-state index in [1.807, 2.05) is 52.1 Å². The number of thioether (sulfide) groups is 2. The summed E-state index contributed by atoms with van der Waals surface area (Å²) in [7, 11) is 1.35. The maximum atomic E-state index is 13.5. The van der Waals surface area contributed by atoms with Gasteiger partial charge in [0.05, 0.1) is 23.9 Å². The van der Waals surface area contributed by atoms with Gasteiger partial charge < -0.3 is 30.7 Å². The summed E-state index contributed by atoms with van der Waals surface area (Å²) in [5, 5.41) is 13.4. The number of benzene rings is 3. The van der Waals surface area contributed by atoms with Gasteiger partial charge in [-0.15, -0.1) is 11.8 Å². The average molecular weight is 793 g/mol. The first kappa shape index (κ1) is 45.9. The van der Waals surface area contributed by atoms with Crippen molar-refractivity contribution in [1.29, 1.82) is 0 Å². The summed E-state index contributed by atoms with van der Waals surface area (Å²) < 4.78 is 10.2. The number of esters is 1. The largest absolute Gasteiger partial charge is 0.467 e. The second-order valence-corrected chi connectivity index (χ2v) is 17.2. The third kappa shape index (κ3) is 14.5. The summed E-state index contributed by atoms with van der Waals surface area (Å²) in [5.74, 6) is 0.910. The fraction of sp³-hybridized carbons (Fsp3) is 0.523. The first-order chi connectivity index (χ1) is 26.4. The van der Waals surface area contributed by atoms with Gasteiger partial charge in [-0.25, -0.2) is 9.59 Å². The van der Waals surface area contributed by atoms with Crippen molar-refractivity contribution < 1.29 is 23.9 Å². The molecule has 2 amide bonds. The molecule has 0 bridgehead atoms. The molecule has 5 atom stereocenters. The molecule has 0 aliphatic heterocycles. The summed E-state index contributed by atoms with van der Waals surface area (Å²) >= 11 is 3.41. The van der Waals surface area contributed by atoms with Gasteiger partial charge in [-0.2, -0.15) is 11.8 Å². The molecule has 4 N–H and O–H groups in total. The van der Waals surface area contributed by atoms with Crippen LogP contribution < -0.4 is 21.3 Å². The van der Waals surface area contributed by atoms with Crippen LogP contribution in [0.2, 0.25) is 0 Å². The minimum absolute atomic E-state index is 0.0138. The quantitative estimate of drug-likeness (QED) is 0.0565. The number of carbonyl (C=O) groups excluding carboxylic acids is 3. The number of ether oxygens (including phenoxy) is 2. The molecule has 0 aromatic heterocycles. The minimum atomic E-state index is -0.693. The highest BCUT2D eigenvalue weighted by Crippen LogP contribution is 2.48. The monoisotopic (exact) mass is 792 g/mol. The Balaban J connectivity index is 1.90. The van der Waals surface area contributed by atoms with Crippen LogP contribution in [0.25, 0.3) is 0 Å². The predicted octanol–water partition coefficient (Wildman–Crippen LogP) is 7.78. The van der Waals surface area contributed by atoms with Crippen LogP contribution in [-0.2, 0) is 23.8 Å². The number of nitrogens with one attached hydrogen (secondary N) is 4. The van der Waals surface area contributed by atoms with Crippen molar-refractivity contribution in [2.75, 3.05) is 38.0 Å². The fourth-order valence-electron chi connectivity index (χ4n) is 6.46. The highest BCUT2D eigenvalue weighted by molar-refractivity contribution is 8.00. The van der Waals surface area contributed by atoms with E-state index >= 15 is 0 Å². The zero-order chi connectivity index (χ0) is 40.3. The van der Waals surface area contributed by atoms with Gasteiger partial charge in [0, 0.05) is 24.9 Å². The Bertz CT molecular complexity index is 1460. The molecule has 0 fully saturated rings. The Morgan fingerprint density at radius 3 is 1.75 bits per heavy atom. The summed E-state index contributed by atoms with van der Waals surface area (Å²) in [6.45, 7) is 13.0. The lowest BCUT2D eigenvalue weighted by molar-refractivity contribution is -0.145. The van der Waals surface area contributed by atoms with Crippen molar-refractivity contribution >= 4 is 41.5 Å². The second-order valence-electron chi connectivity index (χ2n) is 14.9. The van der Waals surface area contributed by atoms with Gasteiger partial charge in [-0.05, 0) is 68.2 Å². The molecule has 0 spiro atoms. The lowest BCUT2D eigenvalue weighted by Crippen LogP contribution is -2.55. The SMILES string of the molecule is CCC[C@H](NC[C@@H](NC[C@H](CSC(c1ccccc1)(c1ccccc1)c1ccccc1)NC(=O)OC(C)(C)C)[C@@H](C)CC)C(=O)N[C@@H](CCSC)C(=O)OC. The molecule has 0 unspecified atom stereocenters. The molecular weight excluding hydrogens is 729 g/mol. The Labute approximate surface area is 338 Å². The molecule has 0 heterocycles. The number of hydrogen-bond acceptors (Lipinski definition) is 9. The Kier molecular flexibility index (Phi) is 19.6. The molecule has 0 aliphatic rings. The number of alkyl carbamates (subject to hydrolysis) is 1. The molecule has 3 aromatic rings. The van der Waals surface area contributed by atoms with Crippen LogP contribution in [0.15, 0.2) is 91.0 Å². The van der Waals surface area contributed by atoms with Crippen LogP contribution in [0.3, 0.4) is 0 Å². The first-order valence-electron chi connectivity index (χ1n) is 19.5. The van der Waals surface area contributed by atoms with Crippen LogP contribution in [0, 0.1) is 5.92 Å². The van der Waals surface area contributed by atoms with Crippen molar-refractivity contribution in [2.45, 2.75) is 102 Å². The zero-order valence-electron chi connectivity index (χ0n) is 34.1. The molecule has 0 saturated carbocycles. The van der Waals surface area contributed by atoms with E-state index in [9.17, 15) is 14.4 Å². The van der Waals surface area contributed by atoms with Crippen molar-refractivity contribution in [3.63, 3.8) is 0 Å². The Morgan fingerprint density at radius 2 is 1.29 bits per heavy atom. The van der Waals surface area contributed by atoms with Gasteiger partial charge in [0.1, 0.15) is 11.6 Å². The third-order valence-corrected chi connectivity index (χ3v) is 12.0. The van der Waals surface area contributed by atoms with Crippen LogP contribution >= 0.6 is 23.5 Å². The Morgan fingerprint density at radius 1 is 0.745 bits per heavy atom. The maximum absolute atomic E-state index is 13.5. The van der Waals surface area contributed by atoms with Gasteiger partial charge in [-0.3, -0.25) is 4.79 Å². The minimum Gasteiger partial charge on any atom is -0.467 e. The molecule has 0 saturated heterocycles. The number of methoxy groups -OCH3 is 1. The topological polar surface area (TPSA) is 118 Å². The van der Waals surface area contributed by atoms with E-state index in [0.717, 1.165) is 35.3 Å². The van der Waals surface area contributed by atoms with E-state index in [1.165, 1.54) is 7.11 Å². The standard InChI is InChI=1S/C44H64N4O5S2/c1-9-20-37(40(49)48-38(27-28-54-8)41(50)52-7)46-30-39(32(3)10-2)45-29-36(47-42(51)53-43(4,5)6)31-55-44(33-21-14-11-15-22-33,34-23-16-12-17-24-34)35-25-18-13-19-26-35/h11-19,21-26,32,36-39,45-46H,9-10,20,27-31H2,1-8H3,(H,47,51)(H,48,49)/t32-,36+,37-,38-,39+/m0/s1. The van der Waals surface area contributed by atoms with Crippen molar-refractivity contribution in [2.24, 2.45) is 5.92 Å². The van der Waals surface area contributed by atoms with Crippen molar-refractivity contribution in [1.82, 2.24) is 21.3 Å². The van der Waals surface area contributed by atoms with Crippen LogP contribution in [0.4, 0.5) is 4.79 Å². The average Bonchev–Trinajstić information content (AvgIpc) is 3.18. The predicted molar refractivity (Wildman–Crippen MR) is 230 cm³/mol. The molecule has 0 radical (unpaired) electrons. The van der Waals surface area contributed by atoms with E-state index in [1.54, 1.807) is 23.5 Å². The number of hydrogen-bond donors (Lipinski definition) is 4. The van der Waals surface area contributed by atoms with E-state index < -0.39 is 34.5 Å². The molecule has 3 rings (SSSR count). The molecule has 0 aliphatic carbocycles.